The van der Waals surface area contributed by atoms with Crippen molar-refractivity contribution in [1.82, 2.24) is 0 Å². The average molecular weight is 234 g/mol. The van der Waals surface area contributed by atoms with Crippen molar-refractivity contribution >= 4 is 5.97 Å². The molecule has 17 heavy (non-hydrogen) atoms. The van der Waals surface area contributed by atoms with E-state index in [0.29, 0.717) is 41.4 Å². The van der Waals surface area contributed by atoms with Crippen LogP contribution < -0.4 is 0 Å². The van der Waals surface area contributed by atoms with Gasteiger partial charge in [-0.2, -0.15) is 0 Å². The lowest BCUT2D eigenvalue weighted by Crippen LogP contribution is -2.90. The van der Waals surface area contributed by atoms with Gasteiger partial charge in [0.05, 0.1) is 25.7 Å². The lowest BCUT2D eigenvalue weighted by Gasteiger charge is -2.88. The molecule has 1 aliphatic heterocycles. The predicted octanol–water partition coefficient (Wildman–Crippen LogP) is 0.270. The van der Waals surface area contributed by atoms with E-state index in [0.717, 1.165) is 13.2 Å². The van der Waals surface area contributed by atoms with Crippen molar-refractivity contribution in [3.05, 3.63) is 0 Å². The zero-order valence-electron chi connectivity index (χ0n) is 9.59. The molecule has 4 unspecified atom stereocenters. The van der Waals surface area contributed by atoms with Gasteiger partial charge < -0.3 is 14.2 Å². The van der Waals surface area contributed by atoms with Crippen molar-refractivity contribution in [3.63, 3.8) is 0 Å². The second kappa shape index (κ2) is 1.95. The Balaban J connectivity index is 1.50. The van der Waals surface area contributed by atoms with Crippen LogP contribution in [0.3, 0.4) is 0 Å². The molecule has 7 aliphatic rings. The van der Waals surface area contributed by atoms with Gasteiger partial charge in [-0.15, -0.1) is 0 Å². The van der Waals surface area contributed by atoms with E-state index in [4.69, 9.17) is 14.2 Å². The number of carbonyl (C=O) groups is 1. The topological polar surface area (TPSA) is 44.8 Å². The van der Waals surface area contributed by atoms with Gasteiger partial charge in [0.1, 0.15) is 0 Å². The molecule has 6 aliphatic carbocycles. The Bertz CT molecular complexity index is 460. The fourth-order valence-electron chi connectivity index (χ4n) is 7.26. The molecule has 0 radical (unpaired) electrons. The van der Waals surface area contributed by atoms with E-state index in [9.17, 15) is 4.79 Å². The first-order valence-electron chi connectivity index (χ1n) is 6.66. The molecular weight excluding hydrogens is 220 g/mol. The summed E-state index contributed by atoms with van der Waals surface area (Å²) in [5, 5.41) is 0. The number of ether oxygens (including phenoxy) is 3. The maximum atomic E-state index is 12.0. The van der Waals surface area contributed by atoms with Crippen molar-refractivity contribution in [1.29, 1.82) is 0 Å². The molecule has 0 aromatic heterocycles. The molecule has 90 valence electrons. The fourth-order valence-corrected chi connectivity index (χ4v) is 7.26. The summed E-state index contributed by atoms with van der Waals surface area (Å²) in [5.74, 6) is 4.01. The van der Waals surface area contributed by atoms with Crippen LogP contribution >= 0.6 is 0 Å². The molecule has 4 nitrogen and oxygen atoms in total. The van der Waals surface area contributed by atoms with E-state index < -0.39 is 0 Å². The van der Waals surface area contributed by atoms with Crippen LogP contribution in [0.5, 0.6) is 0 Å². The van der Waals surface area contributed by atoms with Gasteiger partial charge >= 0.3 is 5.97 Å². The number of hydrogen-bond donors (Lipinski definition) is 0. The summed E-state index contributed by atoms with van der Waals surface area (Å²) in [7, 11) is 1.53. The lowest BCUT2D eigenvalue weighted by atomic mass is 9.13. The van der Waals surface area contributed by atoms with Crippen molar-refractivity contribution < 1.29 is 19.0 Å². The van der Waals surface area contributed by atoms with E-state index >= 15 is 0 Å². The largest absolute Gasteiger partial charge is 0.469 e. The van der Waals surface area contributed by atoms with Gasteiger partial charge in [-0.25, -0.2) is 0 Å². The number of rotatable bonds is 1. The fraction of sp³-hybridized carbons (Fsp3) is 0.923. The number of esters is 1. The quantitative estimate of drug-likeness (QED) is 0.611. The molecule has 7 fully saturated rings. The van der Waals surface area contributed by atoms with Crippen LogP contribution in [0.25, 0.3) is 0 Å². The molecular formula is C13H14O4. The van der Waals surface area contributed by atoms with Gasteiger partial charge in [-0.3, -0.25) is 4.79 Å². The standard InChI is InChI=1S/C13H14O4/c1-15-11(14)12-6-4-7-5(6)9(12)10(8(4)12)13(7)16-2-3-17-13/h4-10H,2-3H2,1H3/t4-,5-,6?,7?,8-,9+,10?,12?/m0/s1. The Hall–Kier alpha value is -0.610. The highest BCUT2D eigenvalue weighted by Gasteiger charge is 3.06. The molecule has 1 heterocycles. The Kier molecular flexibility index (Phi) is 0.975. The highest BCUT2D eigenvalue weighted by Crippen LogP contribution is 3.02. The molecule has 6 saturated carbocycles. The molecule has 7 rings (SSSR count). The summed E-state index contributed by atoms with van der Waals surface area (Å²) in [4.78, 5) is 12.0. The molecule has 2 bridgehead atoms. The van der Waals surface area contributed by atoms with Gasteiger partial charge in [0.15, 0.2) is 5.79 Å². The first-order chi connectivity index (χ1) is 8.30. The van der Waals surface area contributed by atoms with E-state index in [1.54, 1.807) is 0 Å². The van der Waals surface area contributed by atoms with Gasteiger partial charge in [-0.05, 0) is 29.6 Å². The van der Waals surface area contributed by atoms with Gasteiger partial charge in [-0.1, -0.05) is 0 Å². The van der Waals surface area contributed by atoms with Crippen LogP contribution in [0.4, 0.5) is 0 Å². The minimum Gasteiger partial charge on any atom is -0.469 e. The van der Waals surface area contributed by atoms with Crippen molar-refractivity contribution in [2.45, 2.75) is 5.79 Å². The predicted molar refractivity (Wildman–Crippen MR) is 53.5 cm³/mol. The van der Waals surface area contributed by atoms with Gasteiger partial charge in [0, 0.05) is 11.8 Å². The third-order valence-electron chi connectivity index (χ3n) is 7.12. The van der Waals surface area contributed by atoms with E-state index in [1.165, 1.54) is 7.11 Å². The Morgan fingerprint density at radius 2 is 1.71 bits per heavy atom. The third kappa shape index (κ3) is 0.449. The summed E-state index contributed by atoms with van der Waals surface area (Å²) in [5.41, 5.74) is -0.0793. The first-order valence-corrected chi connectivity index (χ1v) is 6.66. The Labute approximate surface area is 98.6 Å². The Morgan fingerprint density at radius 3 is 2.29 bits per heavy atom. The smallest absolute Gasteiger partial charge is 0.312 e. The number of hydrogen-bond acceptors (Lipinski definition) is 4. The summed E-state index contributed by atoms with van der Waals surface area (Å²) in [6.45, 7) is 1.48. The molecule has 0 aromatic rings. The molecule has 1 saturated heterocycles. The summed E-state index contributed by atoms with van der Waals surface area (Å²) in [6.07, 6.45) is 0. The second-order valence-corrected chi connectivity index (χ2v) is 6.63. The van der Waals surface area contributed by atoms with Crippen molar-refractivity contribution in [2.24, 2.45) is 46.8 Å². The lowest BCUT2D eigenvalue weighted by molar-refractivity contribution is -0.430. The van der Waals surface area contributed by atoms with Crippen LogP contribution in [0.15, 0.2) is 0 Å². The molecule has 1 spiro atoms. The van der Waals surface area contributed by atoms with Crippen LogP contribution in [0.2, 0.25) is 0 Å². The van der Waals surface area contributed by atoms with Crippen molar-refractivity contribution in [3.8, 4) is 0 Å². The zero-order chi connectivity index (χ0) is 11.2. The van der Waals surface area contributed by atoms with E-state index in [2.05, 4.69) is 0 Å². The molecule has 0 amide bonds. The van der Waals surface area contributed by atoms with Crippen LogP contribution in [0, 0.1) is 46.8 Å². The highest BCUT2D eigenvalue weighted by molar-refractivity contribution is 5.86. The Morgan fingerprint density at radius 1 is 1.06 bits per heavy atom. The van der Waals surface area contributed by atoms with E-state index in [1.807, 2.05) is 0 Å². The van der Waals surface area contributed by atoms with Crippen LogP contribution in [-0.2, 0) is 19.0 Å². The SMILES string of the molecule is COC(=O)C12C3[C@H]4C5[C@H]3[C@@H]1C([C@H]42)C51OCCO1. The van der Waals surface area contributed by atoms with Crippen molar-refractivity contribution in [2.75, 3.05) is 20.3 Å². The van der Waals surface area contributed by atoms with E-state index in [-0.39, 0.29) is 17.2 Å². The molecule has 0 aromatic carbocycles. The monoisotopic (exact) mass is 234 g/mol. The molecule has 8 atom stereocenters. The van der Waals surface area contributed by atoms with Gasteiger partial charge in [0.2, 0.25) is 0 Å². The molecule has 0 N–H and O–H groups in total. The number of carbonyl (C=O) groups excluding carboxylic acids is 1. The normalized spacial score (nSPS) is 68.9. The minimum absolute atomic E-state index is 0.0507. The maximum absolute atomic E-state index is 12.0. The maximum Gasteiger partial charge on any atom is 0.312 e. The summed E-state index contributed by atoms with van der Waals surface area (Å²) >= 11 is 0. The summed E-state index contributed by atoms with van der Waals surface area (Å²) in [6, 6.07) is 0. The van der Waals surface area contributed by atoms with Crippen LogP contribution in [-0.4, -0.2) is 32.1 Å². The minimum atomic E-state index is -0.269. The second-order valence-electron chi connectivity index (χ2n) is 6.63. The first kappa shape index (κ1) is 8.48. The average Bonchev–Trinajstić information content (AvgIpc) is 2.85. The number of methoxy groups -OCH3 is 1. The highest BCUT2D eigenvalue weighted by atomic mass is 16.7. The summed E-state index contributed by atoms with van der Waals surface area (Å²) < 4.78 is 17.0. The third-order valence-corrected chi connectivity index (χ3v) is 7.12. The zero-order valence-corrected chi connectivity index (χ0v) is 9.59. The molecule has 4 heteroatoms. The van der Waals surface area contributed by atoms with Crippen LogP contribution in [0.1, 0.15) is 0 Å². The van der Waals surface area contributed by atoms with Gasteiger partial charge in [0.25, 0.3) is 0 Å².